The number of H-pyrrole nitrogens is 1. The SMILES string of the molecule is COc1cccc2cc(-c3cc(S(C)=O)cnc3N3CCC(F)C3)[nH]c12. The summed E-state index contributed by atoms with van der Waals surface area (Å²) in [5.74, 6) is 1.47. The molecule has 1 aliphatic heterocycles. The standard InChI is InChI=1S/C19H20FN3O2S/c1-25-17-5-3-4-12-8-16(22-18(12)17)15-9-14(26(2)24)10-21-19(15)23-7-6-13(20)11-23/h3-5,8-10,13,22H,6-7,11H2,1-2H3. The first-order valence-electron chi connectivity index (χ1n) is 8.45. The van der Waals surface area contributed by atoms with Crippen LogP contribution in [0.15, 0.2) is 41.4 Å². The first-order valence-corrected chi connectivity index (χ1v) is 10.0. The average Bonchev–Trinajstić information content (AvgIpc) is 3.26. The van der Waals surface area contributed by atoms with Crippen LogP contribution in [0.25, 0.3) is 22.2 Å². The maximum atomic E-state index is 13.7. The number of alkyl halides is 1. The van der Waals surface area contributed by atoms with Gasteiger partial charge in [-0.2, -0.15) is 0 Å². The van der Waals surface area contributed by atoms with Gasteiger partial charge < -0.3 is 14.6 Å². The highest BCUT2D eigenvalue weighted by atomic mass is 32.2. The summed E-state index contributed by atoms with van der Waals surface area (Å²) in [7, 11) is 0.486. The number of nitrogens with one attached hydrogen (secondary N) is 1. The largest absolute Gasteiger partial charge is 0.495 e. The fourth-order valence-electron chi connectivity index (χ4n) is 3.40. The van der Waals surface area contributed by atoms with E-state index in [1.807, 2.05) is 35.2 Å². The van der Waals surface area contributed by atoms with Crippen molar-refractivity contribution in [3.05, 3.63) is 36.5 Å². The number of fused-ring (bicyclic) bond motifs is 1. The van der Waals surface area contributed by atoms with E-state index in [0.717, 1.165) is 27.9 Å². The number of rotatable bonds is 4. The third kappa shape index (κ3) is 2.96. The molecule has 7 heteroatoms. The van der Waals surface area contributed by atoms with Gasteiger partial charge in [0.05, 0.1) is 40.6 Å². The second-order valence-electron chi connectivity index (χ2n) is 6.44. The Hall–Kier alpha value is -2.41. The van der Waals surface area contributed by atoms with Gasteiger partial charge in [0.25, 0.3) is 0 Å². The Morgan fingerprint density at radius 1 is 1.38 bits per heavy atom. The van der Waals surface area contributed by atoms with Crippen molar-refractivity contribution in [2.24, 2.45) is 0 Å². The number of aromatic amines is 1. The topological polar surface area (TPSA) is 58.2 Å². The van der Waals surface area contributed by atoms with Gasteiger partial charge in [0, 0.05) is 29.9 Å². The zero-order valence-corrected chi connectivity index (χ0v) is 15.5. The lowest BCUT2D eigenvalue weighted by atomic mass is 10.1. The van der Waals surface area contributed by atoms with E-state index in [2.05, 4.69) is 9.97 Å². The summed E-state index contributed by atoms with van der Waals surface area (Å²) in [6, 6.07) is 9.72. The van der Waals surface area contributed by atoms with E-state index >= 15 is 0 Å². The summed E-state index contributed by atoms with van der Waals surface area (Å²) in [5, 5.41) is 1.01. The Balaban J connectivity index is 1.88. The number of para-hydroxylation sites is 1. The third-order valence-electron chi connectivity index (χ3n) is 4.73. The van der Waals surface area contributed by atoms with Crippen LogP contribution in [0.2, 0.25) is 0 Å². The lowest BCUT2D eigenvalue weighted by Gasteiger charge is -2.20. The van der Waals surface area contributed by atoms with Crippen LogP contribution in [0.3, 0.4) is 0 Å². The number of pyridine rings is 1. The molecule has 0 saturated carbocycles. The average molecular weight is 373 g/mol. The number of methoxy groups -OCH3 is 1. The highest BCUT2D eigenvalue weighted by molar-refractivity contribution is 7.84. The van der Waals surface area contributed by atoms with Crippen LogP contribution < -0.4 is 9.64 Å². The highest BCUT2D eigenvalue weighted by Crippen LogP contribution is 2.36. The lowest BCUT2D eigenvalue weighted by molar-refractivity contribution is 0.364. The molecule has 3 aromatic rings. The van der Waals surface area contributed by atoms with E-state index < -0.39 is 17.0 Å². The minimum absolute atomic E-state index is 0.331. The molecule has 0 radical (unpaired) electrons. The summed E-state index contributed by atoms with van der Waals surface area (Å²) in [5.41, 5.74) is 2.57. The van der Waals surface area contributed by atoms with Crippen LogP contribution in [-0.4, -0.2) is 46.8 Å². The van der Waals surface area contributed by atoms with Gasteiger partial charge >= 0.3 is 0 Å². The Morgan fingerprint density at radius 2 is 2.23 bits per heavy atom. The molecule has 1 N–H and O–H groups in total. The molecule has 2 aromatic heterocycles. The minimum Gasteiger partial charge on any atom is -0.495 e. The highest BCUT2D eigenvalue weighted by Gasteiger charge is 2.26. The Labute approximate surface area is 153 Å². The summed E-state index contributed by atoms with van der Waals surface area (Å²) in [4.78, 5) is 10.5. The third-order valence-corrected chi connectivity index (χ3v) is 5.62. The van der Waals surface area contributed by atoms with Crippen molar-refractivity contribution in [1.29, 1.82) is 0 Å². The molecule has 26 heavy (non-hydrogen) atoms. The van der Waals surface area contributed by atoms with Gasteiger partial charge in [-0.3, -0.25) is 4.21 Å². The zero-order valence-electron chi connectivity index (χ0n) is 14.7. The fourth-order valence-corrected chi connectivity index (χ4v) is 3.88. The lowest BCUT2D eigenvalue weighted by Crippen LogP contribution is -2.22. The number of anilines is 1. The Morgan fingerprint density at radius 3 is 2.92 bits per heavy atom. The smallest absolute Gasteiger partial charge is 0.142 e. The Bertz CT molecular complexity index is 988. The van der Waals surface area contributed by atoms with Gasteiger partial charge in [-0.15, -0.1) is 0 Å². The van der Waals surface area contributed by atoms with Gasteiger partial charge in [0.1, 0.15) is 17.7 Å². The molecule has 2 unspecified atom stereocenters. The van der Waals surface area contributed by atoms with E-state index in [1.165, 1.54) is 0 Å². The second kappa shape index (κ2) is 6.72. The van der Waals surface area contributed by atoms with Gasteiger partial charge in [-0.1, -0.05) is 12.1 Å². The second-order valence-corrected chi connectivity index (χ2v) is 7.82. The normalized spacial score (nSPS) is 18.4. The Kier molecular flexibility index (Phi) is 4.40. The van der Waals surface area contributed by atoms with E-state index in [9.17, 15) is 8.60 Å². The molecule has 0 bridgehead atoms. The summed E-state index contributed by atoms with van der Waals surface area (Å²) in [6.07, 6.45) is 2.90. The monoisotopic (exact) mass is 373 g/mol. The van der Waals surface area contributed by atoms with Crippen molar-refractivity contribution in [3.63, 3.8) is 0 Å². The molecule has 1 aromatic carbocycles. The number of benzene rings is 1. The zero-order chi connectivity index (χ0) is 18.3. The molecule has 0 spiro atoms. The van der Waals surface area contributed by atoms with E-state index in [1.54, 1.807) is 19.6 Å². The number of hydrogen-bond donors (Lipinski definition) is 1. The summed E-state index contributed by atoms with van der Waals surface area (Å²) in [6.45, 7) is 0.956. The first kappa shape index (κ1) is 17.0. The molecule has 5 nitrogen and oxygen atoms in total. The molecular formula is C19H20FN3O2S. The predicted octanol–water partition coefficient (Wildman–Crippen LogP) is 3.52. The number of ether oxygens (including phenoxy) is 1. The quantitative estimate of drug-likeness (QED) is 0.760. The minimum atomic E-state index is -1.15. The van der Waals surface area contributed by atoms with Crippen molar-refractivity contribution < 1.29 is 13.3 Å². The van der Waals surface area contributed by atoms with Crippen LogP contribution in [0.5, 0.6) is 5.75 Å². The molecule has 1 aliphatic rings. The molecule has 3 heterocycles. The molecule has 0 aliphatic carbocycles. The number of aromatic nitrogens is 2. The summed E-state index contributed by atoms with van der Waals surface area (Å²) < 4.78 is 31.1. The molecule has 1 saturated heterocycles. The van der Waals surface area contributed by atoms with Crippen LogP contribution in [0.1, 0.15) is 6.42 Å². The van der Waals surface area contributed by atoms with Gasteiger partial charge in [-0.25, -0.2) is 9.37 Å². The van der Waals surface area contributed by atoms with Gasteiger partial charge in [0.2, 0.25) is 0 Å². The van der Waals surface area contributed by atoms with Crippen LogP contribution in [0, 0.1) is 0 Å². The molecule has 1 fully saturated rings. The van der Waals surface area contributed by atoms with E-state index in [-0.39, 0.29) is 0 Å². The molecule has 136 valence electrons. The van der Waals surface area contributed by atoms with Gasteiger partial charge in [-0.05, 0) is 24.6 Å². The number of nitrogens with zero attached hydrogens (tertiary/aromatic N) is 2. The van der Waals surface area contributed by atoms with Crippen molar-refractivity contribution in [2.45, 2.75) is 17.5 Å². The van der Waals surface area contributed by atoms with Crippen LogP contribution in [0.4, 0.5) is 10.2 Å². The number of halogens is 1. The van der Waals surface area contributed by atoms with E-state index in [4.69, 9.17) is 4.74 Å². The molecule has 4 rings (SSSR count). The van der Waals surface area contributed by atoms with Gasteiger partial charge in [0.15, 0.2) is 0 Å². The summed E-state index contributed by atoms with van der Waals surface area (Å²) >= 11 is 0. The maximum Gasteiger partial charge on any atom is 0.142 e. The van der Waals surface area contributed by atoms with Crippen LogP contribution in [-0.2, 0) is 10.8 Å². The van der Waals surface area contributed by atoms with Crippen molar-refractivity contribution in [1.82, 2.24) is 9.97 Å². The molecule has 0 amide bonds. The van der Waals surface area contributed by atoms with Crippen molar-refractivity contribution in [2.75, 3.05) is 31.4 Å². The first-order chi connectivity index (χ1) is 12.6. The molecule has 2 atom stereocenters. The van der Waals surface area contributed by atoms with Crippen molar-refractivity contribution in [3.8, 4) is 17.0 Å². The maximum absolute atomic E-state index is 13.7. The van der Waals surface area contributed by atoms with Crippen molar-refractivity contribution >= 4 is 27.5 Å². The van der Waals surface area contributed by atoms with Crippen LogP contribution >= 0.6 is 0 Å². The van der Waals surface area contributed by atoms with E-state index in [0.29, 0.717) is 30.2 Å². The predicted molar refractivity (Wildman–Crippen MR) is 102 cm³/mol. The number of hydrogen-bond acceptors (Lipinski definition) is 4. The molecular weight excluding hydrogens is 353 g/mol. The fraction of sp³-hybridized carbons (Fsp3) is 0.316.